The van der Waals surface area contributed by atoms with Crippen LogP contribution in [0.25, 0.3) is 5.65 Å². The highest BCUT2D eigenvalue weighted by Crippen LogP contribution is 2.39. The van der Waals surface area contributed by atoms with Gasteiger partial charge >= 0.3 is 0 Å². The molecular weight excluding hydrogens is 404 g/mol. The number of nitrogens with one attached hydrogen (secondary N) is 1. The van der Waals surface area contributed by atoms with Crippen LogP contribution in [-0.4, -0.2) is 34.0 Å². The van der Waals surface area contributed by atoms with Crippen LogP contribution in [0.1, 0.15) is 79.8 Å². The van der Waals surface area contributed by atoms with Crippen LogP contribution >= 0.6 is 0 Å². The lowest BCUT2D eigenvalue weighted by atomic mass is 9.89. The van der Waals surface area contributed by atoms with Gasteiger partial charge in [0.2, 0.25) is 0 Å². The molecule has 0 saturated heterocycles. The van der Waals surface area contributed by atoms with Crippen molar-refractivity contribution in [2.45, 2.75) is 64.5 Å². The number of carbonyl (C=O) groups excluding carboxylic acids is 1. The zero-order valence-corrected chi connectivity index (χ0v) is 19.4. The molecule has 2 aromatic heterocycles. The highest BCUT2D eigenvalue weighted by Gasteiger charge is 2.31. The summed E-state index contributed by atoms with van der Waals surface area (Å²) in [6.07, 6.45) is 5.59. The largest absolute Gasteiger partial charge is 0.494 e. The maximum absolute atomic E-state index is 13.4. The highest BCUT2D eigenvalue weighted by atomic mass is 16.5. The molecule has 3 aromatic rings. The number of ether oxygens (including phenoxy) is 2. The average molecular weight is 437 g/mol. The third-order valence-electron chi connectivity index (χ3n) is 6.14. The number of carbonyl (C=O) groups is 1. The number of aromatic nitrogens is 3. The number of benzene rings is 1. The van der Waals surface area contributed by atoms with Crippen LogP contribution in [0.4, 0.5) is 0 Å². The van der Waals surface area contributed by atoms with Gasteiger partial charge in [-0.15, -0.1) is 0 Å². The van der Waals surface area contributed by atoms with Crippen molar-refractivity contribution in [2.24, 2.45) is 0 Å². The number of imidazole rings is 1. The third kappa shape index (κ3) is 4.48. The van der Waals surface area contributed by atoms with Crippen molar-refractivity contribution in [3.63, 3.8) is 0 Å². The Balaban J connectivity index is 1.65. The van der Waals surface area contributed by atoms with Crippen LogP contribution in [0.5, 0.6) is 5.75 Å². The lowest BCUT2D eigenvalue weighted by molar-refractivity contribution is 0.0898. The molecule has 0 aliphatic heterocycles. The summed E-state index contributed by atoms with van der Waals surface area (Å²) in [7, 11) is 1.67. The van der Waals surface area contributed by atoms with Gasteiger partial charge in [-0.2, -0.15) is 0 Å². The van der Waals surface area contributed by atoms with Crippen LogP contribution in [0.3, 0.4) is 0 Å². The SMILES string of the molecule is CCCOc1cccc(C(C)(CC)NC(=O)c2ncn3c(COC)cc(C4CC4)nc23)c1. The minimum absolute atomic E-state index is 0.236. The monoisotopic (exact) mass is 436 g/mol. The first-order chi connectivity index (χ1) is 15.5. The molecule has 4 rings (SSSR count). The fourth-order valence-electron chi connectivity index (χ4n) is 3.88. The van der Waals surface area contributed by atoms with Gasteiger partial charge in [0.1, 0.15) is 12.1 Å². The van der Waals surface area contributed by atoms with Crippen molar-refractivity contribution in [1.82, 2.24) is 19.7 Å². The molecule has 1 saturated carbocycles. The fourth-order valence-corrected chi connectivity index (χ4v) is 3.88. The molecule has 1 unspecified atom stereocenters. The zero-order valence-electron chi connectivity index (χ0n) is 19.4. The third-order valence-corrected chi connectivity index (χ3v) is 6.14. The van der Waals surface area contributed by atoms with Gasteiger partial charge in [0, 0.05) is 18.7 Å². The number of nitrogens with zero attached hydrogens (tertiary/aromatic N) is 3. The van der Waals surface area contributed by atoms with Gasteiger partial charge in [-0.25, -0.2) is 9.97 Å². The summed E-state index contributed by atoms with van der Waals surface area (Å²) in [5.41, 5.74) is 3.31. The molecule has 0 bridgehead atoms. The summed E-state index contributed by atoms with van der Waals surface area (Å²) in [6.45, 7) is 7.27. The van der Waals surface area contributed by atoms with Gasteiger partial charge < -0.3 is 14.8 Å². The van der Waals surface area contributed by atoms with Crippen molar-refractivity contribution in [3.05, 3.63) is 59.3 Å². The smallest absolute Gasteiger partial charge is 0.274 e. The Morgan fingerprint density at radius 2 is 2.09 bits per heavy atom. The minimum atomic E-state index is -0.567. The van der Waals surface area contributed by atoms with Crippen LogP contribution in [0, 0.1) is 0 Å². The fraction of sp³-hybridized carbons (Fsp3) is 0.480. The molecule has 1 aromatic carbocycles. The Bertz CT molecular complexity index is 1110. The van der Waals surface area contributed by atoms with E-state index in [1.807, 2.05) is 35.6 Å². The number of rotatable bonds is 10. The van der Waals surface area contributed by atoms with E-state index in [1.165, 1.54) is 0 Å². The molecule has 1 aliphatic carbocycles. The Morgan fingerprint density at radius 3 is 2.78 bits per heavy atom. The molecule has 7 heteroatoms. The second-order valence-electron chi connectivity index (χ2n) is 8.68. The van der Waals surface area contributed by atoms with Gasteiger partial charge in [-0.3, -0.25) is 9.20 Å². The summed E-state index contributed by atoms with van der Waals surface area (Å²) in [5, 5.41) is 3.21. The van der Waals surface area contributed by atoms with Crippen molar-refractivity contribution < 1.29 is 14.3 Å². The Labute approximate surface area is 189 Å². The highest BCUT2D eigenvalue weighted by molar-refractivity contribution is 5.98. The van der Waals surface area contributed by atoms with E-state index in [4.69, 9.17) is 14.5 Å². The zero-order chi connectivity index (χ0) is 22.7. The van der Waals surface area contributed by atoms with Gasteiger partial charge in [0.05, 0.1) is 24.4 Å². The van der Waals surface area contributed by atoms with Gasteiger partial charge in [-0.05, 0) is 56.4 Å². The number of hydrogen-bond donors (Lipinski definition) is 1. The molecule has 32 heavy (non-hydrogen) atoms. The molecule has 2 heterocycles. The Kier molecular flexibility index (Phi) is 6.46. The predicted octanol–water partition coefficient (Wildman–Crippen LogP) is 4.60. The summed E-state index contributed by atoms with van der Waals surface area (Å²) in [4.78, 5) is 22.6. The molecule has 0 radical (unpaired) electrons. The molecule has 0 spiro atoms. The second-order valence-corrected chi connectivity index (χ2v) is 8.68. The molecule has 1 amide bonds. The van der Waals surface area contributed by atoms with E-state index < -0.39 is 5.54 Å². The van der Waals surface area contributed by atoms with E-state index in [2.05, 4.69) is 30.2 Å². The number of fused-ring (bicyclic) bond motifs is 1. The predicted molar refractivity (Wildman–Crippen MR) is 123 cm³/mol. The minimum Gasteiger partial charge on any atom is -0.494 e. The molecule has 1 aliphatic rings. The van der Waals surface area contributed by atoms with E-state index in [-0.39, 0.29) is 5.91 Å². The number of amides is 1. The van der Waals surface area contributed by atoms with Crippen LogP contribution in [-0.2, 0) is 16.9 Å². The molecule has 170 valence electrons. The van der Waals surface area contributed by atoms with Crippen molar-refractivity contribution >= 4 is 11.6 Å². The first-order valence-corrected chi connectivity index (χ1v) is 11.4. The van der Waals surface area contributed by atoms with E-state index in [0.717, 1.165) is 48.4 Å². The summed E-state index contributed by atoms with van der Waals surface area (Å²) >= 11 is 0. The molecular formula is C25H32N4O3. The molecule has 1 atom stereocenters. The van der Waals surface area contributed by atoms with Gasteiger partial charge in [-0.1, -0.05) is 26.0 Å². The maximum Gasteiger partial charge on any atom is 0.274 e. The summed E-state index contributed by atoms with van der Waals surface area (Å²) < 4.78 is 13.0. The topological polar surface area (TPSA) is 77.8 Å². The quantitative estimate of drug-likeness (QED) is 0.503. The Hall–Kier alpha value is -2.93. The van der Waals surface area contributed by atoms with Crippen molar-refractivity contribution in [2.75, 3.05) is 13.7 Å². The van der Waals surface area contributed by atoms with Crippen molar-refractivity contribution in [1.29, 1.82) is 0 Å². The van der Waals surface area contributed by atoms with Crippen molar-refractivity contribution in [3.8, 4) is 5.75 Å². The first-order valence-electron chi connectivity index (χ1n) is 11.4. The van der Waals surface area contributed by atoms with Crippen LogP contribution in [0.15, 0.2) is 36.7 Å². The van der Waals surface area contributed by atoms with E-state index >= 15 is 0 Å². The summed E-state index contributed by atoms with van der Waals surface area (Å²) in [6, 6.07) is 10.0. The first kappa shape index (κ1) is 22.3. The molecule has 1 N–H and O–H groups in total. The molecule has 1 fully saturated rings. The van der Waals surface area contributed by atoms with Gasteiger partial charge in [0.15, 0.2) is 11.3 Å². The lowest BCUT2D eigenvalue weighted by Crippen LogP contribution is -2.43. The maximum atomic E-state index is 13.4. The van der Waals surface area contributed by atoms with E-state index in [9.17, 15) is 4.79 Å². The average Bonchev–Trinajstić information content (AvgIpc) is 3.56. The van der Waals surface area contributed by atoms with Crippen LogP contribution < -0.4 is 10.1 Å². The molecule has 7 nitrogen and oxygen atoms in total. The van der Waals surface area contributed by atoms with E-state index in [0.29, 0.717) is 30.5 Å². The van der Waals surface area contributed by atoms with E-state index in [1.54, 1.807) is 13.4 Å². The Morgan fingerprint density at radius 1 is 1.28 bits per heavy atom. The standard InChI is InChI=1S/C25H32N4O3/c1-5-12-32-20-9-7-8-18(13-20)25(3,6-2)28-24(30)22-23-27-21(17-10-11-17)14-19(15-31-4)29(23)16-26-22/h7-9,13-14,16-17H,5-6,10-12,15H2,1-4H3,(H,28,30). The second kappa shape index (κ2) is 9.28. The number of hydrogen-bond acceptors (Lipinski definition) is 5. The van der Waals surface area contributed by atoms with Gasteiger partial charge in [0.25, 0.3) is 5.91 Å². The normalized spacial score (nSPS) is 15.5. The van der Waals surface area contributed by atoms with Crippen LogP contribution in [0.2, 0.25) is 0 Å². The number of methoxy groups -OCH3 is 1. The summed E-state index contributed by atoms with van der Waals surface area (Å²) in [5.74, 6) is 1.04. The lowest BCUT2D eigenvalue weighted by Gasteiger charge is -2.30.